The molecule has 4 N–H and O–H groups in total. The Kier molecular flexibility index (Phi) is 3.71. The maximum absolute atomic E-state index is 5.46. The van der Waals surface area contributed by atoms with Crippen molar-refractivity contribution in [2.24, 2.45) is 11.3 Å². The number of nitrogens with zero attached hydrogens (tertiary/aromatic N) is 2. The van der Waals surface area contributed by atoms with E-state index in [4.69, 9.17) is 5.84 Å². The fourth-order valence-corrected chi connectivity index (χ4v) is 2.64. The first kappa shape index (κ1) is 13.1. The molecule has 0 radical (unpaired) electrons. The van der Waals surface area contributed by atoms with Gasteiger partial charge in [-0.05, 0) is 32.1 Å². The van der Waals surface area contributed by atoms with Gasteiger partial charge in [-0.3, -0.25) is 0 Å². The van der Waals surface area contributed by atoms with E-state index in [0.717, 1.165) is 23.8 Å². The molecule has 1 aromatic rings. The zero-order valence-electron chi connectivity index (χ0n) is 11.5. The van der Waals surface area contributed by atoms with Crippen molar-refractivity contribution in [1.29, 1.82) is 0 Å². The number of hydrazine groups is 1. The average Bonchev–Trinajstić information content (AvgIpc) is 2.77. The Hall–Kier alpha value is -1.36. The normalized spacial score (nSPS) is 17.8. The lowest BCUT2D eigenvalue weighted by molar-refractivity contribution is 0.361. The second kappa shape index (κ2) is 5.10. The average molecular weight is 249 g/mol. The van der Waals surface area contributed by atoms with E-state index in [1.165, 1.54) is 25.7 Å². The Morgan fingerprint density at radius 3 is 2.39 bits per heavy atom. The van der Waals surface area contributed by atoms with Gasteiger partial charge in [0.05, 0.1) is 0 Å². The largest absolute Gasteiger partial charge is 0.369 e. The number of anilines is 2. The van der Waals surface area contributed by atoms with Crippen molar-refractivity contribution in [3.8, 4) is 0 Å². The molecule has 18 heavy (non-hydrogen) atoms. The molecular weight excluding hydrogens is 226 g/mol. The van der Waals surface area contributed by atoms with Crippen LogP contribution in [0.3, 0.4) is 0 Å². The molecule has 2 rings (SSSR count). The number of nitrogens with one attached hydrogen (secondary N) is 2. The van der Waals surface area contributed by atoms with Gasteiger partial charge < -0.3 is 10.7 Å². The van der Waals surface area contributed by atoms with Crippen molar-refractivity contribution in [3.63, 3.8) is 0 Å². The van der Waals surface area contributed by atoms with Crippen molar-refractivity contribution < 1.29 is 0 Å². The van der Waals surface area contributed by atoms with E-state index in [1.807, 2.05) is 13.8 Å². The molecule has 0 unspecified atom stereocenters. The van der Waals surface area contributed by atoms with Gasteiger partial charge in [0.2, 0.25) is 0 Å². The van der Waals surface area contributed by atoms with Gasteiger partial charge in [0.25, 0.3) is 0 Å². The Bertz CT molecular complexity index is 424. The van der Waals surface area contributed by atoms with Gasteiger partial charge in [0, 0.05) is 12.1 Å². The summed E-state index contributed by atoms with van der Waals surface area (Å²) in [5, 5.41) is 3.46. The minimum absolute atomic E-state index is 0.404. The van der Waals surface area contributed by atoms with Gasteiger partial charge in [-0.2, -0.15) is 0 Å². The first-order valence-electron chi connectivity index (χ1n) is 6.60. The lowest BCUT2D eigenvalue weighted by atomic mass is 9.89. The van der Waals surface area contributed by atoms with E-state index >= 15 is 0 Å². The molecule has 5 heteroatoms. The van der Waals surface area contributed by atoms with Crippen molar-refractivity contribution in [3.05, 3.63) is 11.4 Å². The molecule has 0 atom stereocenters. The Balaban J connectivity index is 2.11. The van der Waals surface area contributed by atoms with Crippen LogP contribution in [0.4, 0.5) is 11.6 Å². The monoisotopic (exact) mass is 249 g/mol. The highest BCUT2D eigenvalue weighted by atomic mass is 15.3. The first-order chi connectivity index (χ1) is 8.54. The van der Waals surface area contributed by atoms with Crippen LogP contribution in [0.5, 0.6) is 0 Å². The fourth-order valence-electron chi connectivity index (χ4n) is 2.64. The smallest absolute Gasteiger partial charge is 0.148 e. The van der Waals surface area contributed by atoms with Gasteiger partial charge in [0.15, 0.2) is 0 Å². The van der Waals surface area contributed by atoms with Crippen LogP contribution in [-0.4, -0.2) is 16.5 Å². The molecule has 1 aliphatic carbocycles. The second-order valence-corrected chi connectivity index (χ2v) is 5.61. The summed E-state index contributed by atoms with van der Waals surface area (Å²) in [5.41, 5.74) is 4.00. The molecule has 0 spiro atoms. The predicted octanol–water partition coefficient (Wildman–Crippen LogP) is 2.37. The number of nitrogen functional groups attached to an aromatic ring is 1. The summed E-state index contributed by atoms with van der Waals surface area (Å²) in [7, 11) is 0. The predicted molar refractivity (Wildman–Crippen MR) is 74.4 cm³/mol. The lowest BCUT2D eigenvalue weighted by Gasteiger charge is -2.24. The second-order valence-electron chi connectivity index (χ2n) is 5.61. The summed E-state index contributed by atoms with van der Waals surface area (Å²) in [6, 6.07) is 0. The Labute approximate surface area is 109 Å². The third-order valence-corrected chi connectivity index (χ3v) is 3.89. The van der Waals surface area contributed by atoms with Crippen LogP contribution >= 0.6 is 0 Å². The molecular formula is C13H23N5. The van der Waals surface area contributed by atoms with Crippen LogP contribution in [0, 0.1) is 19.3 Å². The zero-order chi connectivity index (χ0) is 13.2. The van der Waals surface area contributed by atoms with E-state index in [0.29, 0.717) is 11.2 Å². The quantitative estimate of drug-likeness (QED) is 0.564. The molecule has 100 valence electrons. The van der Waals surface area contributed by atoms with E-state index < -0.39 is 0 Å². The van der Waals surface area contributed by atoms with E-state index in [9.17, 15) is 0 Å². The van der Waals surface area contributed by atoms with E-state index in [-0.39, 0.29) is 0 Å². The molecule has 0 aromatic carbocycles. The Morgan fingerprint density at radius 1 is 1.17 bits per heavy atom. The maximum Gasteiger partial charge on any atom is 0.148 e. The van der Waals surface area contributed by atoms with E-state index in [1.54, 1.807) is 0 Å². The third kappa shape index (κ3) is 2.72. The van der Waals surface area contributed by atoms with Gasteiger partial charge >= 0.3 is 0 Å². The van der Waals surface area contributed by atoms with Gasteiger partial charge in [-0.25, -0.2) is 15.8 Å². The van der Waals surface area contributed by atoms with Crippen LogP contribution in [0.2, 0.25) is 0 Å². The maximum atomic E-state index is 5.46. The molecule has 0 aliphatic heterocycles. The highest BCUT2D eigenvalue weighted by Gasteiger charge is 2.28. The number of hydrogen-bond acceptors (Lipinski definition) is 5. The topological polar surface area (TPSA) is 75.9 Å². The minimum Gasteiger partial charge on any atom is -0.369 e. The summed E-state index contributed by atoms with van der Waals surface area (Å²) in [6.45, 7) is 7.17. The summed E-state index contributed by atoms with van der Waals surface area (Å²) >= 11 is 0. The van der Waals surface area contributed by atoms with Gasteiger partial charge in [-0.1, -0.05) is 19.8 Å². The minimum atomic E-state index is 0.404. The van der Waals surface area contributed by atoms with Crippen LogP contribution in [-0.2, 0) is 0 Å². The lowest BCUT2D eigenvalue weighted by Crippen LogP contribution is -2.24. The van der Waals surface area contributed by atoms with Crippen LogP contribution in [0.15, 0.2) is 0 Å². The summed E-state index contributed by atoms with van der Waals surface area (Å²) in [4.78, 5) is 8.72. The first-order valence-corrected chi connectivity index (χ1v) is 6.60. The number of hydrogen-bond donors (Lipinski definition) is 3. The molecule has 5 nitrogen and oxygen atoms in total. The SMILES string of the molecule is Cc1nc(NN)c(C)c(NCC2(C)CCCC2)n1. The highest BCUT2D eigenvalue weighted by Crippen LogP contribution is 2.37. The fraction of sp³-hybridized carbons (Fsp3) is 0.692. The van der Waals surface area contributed by atoms with Crippen LogP contribution in [0.1, 0.15) is 44.0 Å². The van der Waals surface area contributed by atoms with E-state index in [2.05, 4.69) is 27.6 Å². The molecule has 0 saturated heterocycles. The Morgan fingerprint density at radius 2 is 1.78 bits per heavy atom. The molecule has 1 aliphatic rings. The van der Waals surface area contributed by atoms with Gasteiger partial charge in [0.1, 0.15) is 17.5 Å². The molecule has 1 fully saturated rings. The molecule has 1 saturated carbocycles. The molecule has 0 amide bonds. The molecule has 1 heterocycles. The number of rotatable bonds is 4. The molecule has 0 bridgehead atoms. The highest BCUT2D eigenvalue weighted by molar-refractivity contribution is 5.56. The van der Waals surface area contributed by atoms with Crippen LogP contribution < -0.4 is 16.6 Å². The van der Waals surface area contributed by atoms with Crippen molar-refractivity contribution in [1.82, 2.24) is 9.97 Å². The summed E-state index contributed by atoms with van der Waals surface area (Å²) < 4.78 is 0. The van der Waals surface area contributed by atoms with Crippen molar-refractivity contribution in [2.75, 3.05) is 17.3 Å². The molecule has 1 aromatic heterocycles. The standard InChI is InChI=1S/C13H23N5/c1-9-11(16-10(2)17-12(9)18-14)15-8-13(3)6-4-5-7-13/h4-8,14H2,1-3H3,(H2,15,16,17,18). The van der Waals surface area contributed by atoms with Gasteiger partial charge in [-0.15, -0.1) is 0 Å². The number of nitrogens with two attached hydrogens (primary N) is 1. The number of aromatic nitrogens is 2. The zero-order valence-corrected chi connectivity index (χ0v) is 11.5. The summed E-state index contributed by atoms with van der Waals surface area (Å²) in [5.74, 6) is 7.78. The number of aryl methyl sites for hydroxylation is 1. The van der Waals surface area contributed by atoms with Crippen LogP contribution in [0.25, 0.3) is 0 Å². The van der Waals surface area contributed by atoms with Crippen molar-refractivity contribution in [2.45, 2.75) is 46.5 Å². The van der Waals surface area contributed by atoms with Crippen molar-refractivity contribution >= 4 is 11.6 Å². The summed E-state index contributed by atoms with van der Waals surface area (Å²) in [6.07, 6.45) is 5.28. The third-order valence-electron chi connectivity index (χ3n) is 3.89.